The normalized spacial score (nSPS) is 10.2. The first-order valence-electron chi connectivity index (χ1n) is 5.75. The number of anilines is 1. The summed E-state index contributed by atoms with van der Waals surface area (Å²) in [6, 6.07) is 3.64. The number of carboxylic acids is 1. The van der Waals surface area contributed by atoms with Crippen LogP contribution in [0, 0.1) is 0 Å². The van der Waals surface area contributed by atoms with Gasteiger partial charge in [0.25, 0.3) is 0 Å². The molecule has 0 radical (unpaired) electrons. The van der Waals surface area contributed by atoms with Gasteiger partial charge in [-0.3, -0.25) is 4.79 Å². The second-order valence-corrected chi connectivity index (χ2v) is 4.28. The van der Waals surface area contributed by atoms with E-state index in [9.17, 15) is 4.79 Å². The van der Waals surface area contributed by atoms with E-state index in [1.165, 1.54) is 0 Å². The van der Waals surface area contributed by atoms with Crippen molar-refractivity contribution in [3.63, 3.8) is 0 Å². The number of unbranched alkanes of at least 4 members (excludes halogenated alkanes) is 3. The molecule has 0 aliphatic rings. The van der Waals surface area contributed by atoms with E-state index >= 15 is 0 Å². The van der Waals surface area contributed by atoms with Gasteiger partial charge in [-0.25, -0.2) is 4.98 Å². The molecule has 0 fully saturated rings. The molecule has 1 rings (SSSR count). The number of nitrogens with one attached hydrogen (secondary N) is 1. The van der Waals surface area contributed by atoms with E-state index < -0.39 is 5.97 Å². The zero-order valence-electron chi connectivity index (χ0n) is 9.66. The maximum absolute atomic E-state index is 10.3. The van der Waals surface area contributed by atoms with E-state index in [0.29, 0.717) is 5.02 Å². The van der Waals surface area contributed by atoms with Crippen LogP contribution in [0.3, 0.4) is 0 Å². The molecule has 2 N–H and O–H groups in total. The van der Waals surface area contributed by atoms with Crippen molar-refractivity contribution < 1.29 is 9.90 Å². The van der Waals surface area contributed by atoms with Gasteiger partial charge in [0.2, 0.25) is 0 Å². The average Bonchev–Trinajstić information content (AvgIpc) is 2.30. The maximum Gasteiger partial charge on any atom is 0.303 e. The Balaban J connectivity index is 2.01. The van der Waals surface area contributed by atoms with Gasteiger partial charge in [-0.2, -0.15) is 0 Å². The Morgan fingerprint density at radius 1 is 1.29 bits per heavy atom. The summed E-state index contributed by atoms with van der Waals surface area (Å²) < 4.78 is 0. The zero-order chi connectivity index (χ0) is 12.5. The number of nitrogens with zero attached hydrogens (tertiary/aromatic N) is 1. The van der Waals surface area contributed by atoms with Crippen LogP contribution in [0.5, 0.6) is 0 Å². The SMILES string of the molecule is O=C(O)CCCCCCNc1ccc(Cl)cn1. The molecule has 0 amide bonds. The van der Waals surface area contributed by atoms with Gasteiger partial charge >= 0.3 is 5.97 Å². The molecule has 94 valence electrons. The zero-order valence-corrected chi connectivity index (χ0v) is 10.4. The molecule has 0 saturated carbocycles. The minimum Gasteiger partial charge on any atom is -0.481 e. The number of aliphatic carboxylic acids is 1. The van der Waals surface area contributed by atoms with E-state index in [2.05, 4.69) is 10.3 Å². The smallest absolute Gasteiger partial charge is 0.303 e. The van der Waals surface area contributed by atoms with Crippen LogP contribution < -0.4 is 5.32 Å². The molecule has 0 aliphatic heterocycles. The first-order chi connectivity index (χ1) is 8.18. The molecule has 17 heavy (non-hydrogen) atoms. The quantitative estimate of drug-likeness (QED) is 0.702. The van der Waals surface area contributed by atoms with E-state index in [0.717, 1.165) is 38.0 Å². The van der Waals surface area contributed by atoms with E-state index in [1.54, 1.807) is 12.3 Å². The first-order valence-corrected chi connectivity index (χ1v) is 6.13. The third kappa shape index (κ3) is 6.79. The number of pyridine rings is 1. The van der Waals surface area contributed by atoms with Crippen LogP contribution in [0.4, 0.5) is 5.82 Å². The van der Waals surface area contributed by atoms with Gasteiger partial charge in [0.1, 0.15) is 5.82 Å². The molecule has 0 aliphatic carbocycles. The number of rotatable bonds is 8. The minimum absolute atomic E-state index is 0.270. The molecule has 5 heteroatoms. The van der Waals surface area contributed by atoms with Crippen LogP contribution in [0.15, 0.2) is 18.3 Å². The summed E-state index contributed by atoms with van der Waals surface area (Å²) in [6.07, 6.45) is 5.65. The summed E-state index contributed by atoms with van der Waals surface area (Å²) in [5, 5.41) is 12.3. The molecule has 0 saturated heterocycles. The van der Waals surface area contributed by atoms with Gasteiger partial charge in [0.05, 0.1) is 5.02 Å². The van der Waals surface area contributed by atoms with Crippen LogP contribution in [-0.2, 0) is 4.79 Å². The molecular formula is C12H17ClN2O2. The Labute approximate surface area is 106 Å². The summed E-state index contributed by atoms with van der Waals surface area (Å²) >= 11 is 5.72. The van der Waals surface area contributed by atoms with Gasteiger partial charge < -0.3 is 10.4 Å². The lowest BCUT2D eigenvalue weighted by Gasteiger charge is -2.04. The third-order valence-electron chi connectivity index (χ3n) is 2.35. The Morgan fingerprint density at radius 2 is 2.06 bits per heavy atom. The van der Waals surface area contributed by atoms with Crippen LogP contribution in [0.1, 0.15) is 32.1 Å². The highest BCUT2D eigenvalue weighted by Crippen LogP contribution is 2.10. The minimum atomic E-state index is -0.714. The highest BCUT2D eigenvalue weighted by molar-refractivity contribution is 6.30. The fraction of sp³-hybridized carbons (Fsp3) is 0.500. The predicted molar refractivity (Wildman–Crippen MR) is 68.5 cm³/mol. The fourth-order valence-corrected chi connectivity index (χ4v) is 1.56. The van der Waals surface area contributed by atoms with Gasteiger partial charge in [-0.15, -0.1) is 0 Å². The summed E-state index contributed by atoms with van der Waals surface area (Å²) in [4.78, 5) is 14.4. The van der Waals surface area contributed by atoms with Gasteiger partial charge in [0.15, 0.2) is 0 Å². The largest absolute Gasteiger partial charge is 0.481 e. The monoisotopic (exact) mass is 256 g/mol. The molecule has 0 atom stereocenters. The number of hydrogen-bond acceptors (Lipinski definition) is 3. The molecule has 1 heterocycles. The van der Waals surface area contributed by atoms with Crippen LogP contribution >= 0.6 is 11.6 Å². The molecule has 4 nitrogen and oxygen atoms in total. The van der Waals surface area contributed by atoms with Gasteiger partial charge in [-0.1, -0.05) is 24.4 Å². The van der Waals surface area contributed by atoms with E-state index in [4.69, 9.17) is 16.7 Å². The van der Waals surface area contributed by atoms with Crippen molar-refractivity contribution in [2.24, 2.45) is 0 Å². The molecule has 0 aromatic carbocycles. The lowest BCUT2D eigenvalue weighted by molar-refractivity contribution is -0.137. The predicted octanol–water partition coefficient (Wildman–Crippen LogP) is 3.18. The molecule has 0 spiro atoms. The van der Waals surface area contributed by atoms with Crippen LogP contribution in [0.25, 0.3) is 0 Å². The second kappa shape index (κ2) is 7.90. The lowest BCUT2D eigenvalue weighted by atomic mass is 10.1. The van der Waals surface area contributed by atoms with Crippen molar-refractivity contribution in [2.75, 3.05) is 11.9 Å². The topological polar surface area (TPSA) is 62.2 Å². The Morgan fingerprint density at radius 3 is 2.71 bits per heavy atom. The fourth-order valence-electron chi connectivity index (χ4n) is 1.45. The van der Waals surface area contributed by atoms with Crippen molar-refractivity contribution in [2.45, 2.75) is 32.1 Å². The highest BCUT2D eigenvalue weighted by Gasteiger charge is 1.97. The van der Waals surface area contributed by atoms with E-state index in [-0.39, 0.29) is 6.42 Å². The summed E-state index contributed by atoms with van der Waals surface area (Å²) in [5.41, 5.74) is 0. The Kier molecular flexibility index (Phi) is 6.40. The lowest BCUT2D eigenvalue weighted by Crippen LogP contribution is -2.03. The van der Waals surface area contributed by atoms with Gasteiger partial charge in [0, 0.05) is 19.2 Å². The van der Waals surface area contributed by atoms with Gasteiger partial charge in [-0.05, 0) is 25.0 Å². The van der Waals surface area contributed by atoms with Crippen LogP contribution in [0.2, 0.25) is 5.02 Å². The van der Waals surface area contributed by atoms with Crippen molar-refractivity contribution in [3.8, 4) is 0 Å². The Hall–Kier alpha value is -1.29. The van der Waals surface area contributed by atoms with Crippen molar-refractivity contribution in [3.05, 3.63) is 23.4 Å². The maximum atomic E-state index is 10.3. The third-order valence-corrected chi connectivity index (χ3v) is 2.57. The number of hydrogen-bond donors (Lipinski definition) is 2. The molecule has 0 unspecified atom stereocenters. The standard InChI is InChI=1S/C12H17ClN2O2/c13-10-6-7-11(15-9-10)14-8-4-2-1-3-5-12(16)17/h6-7,9H,1-5,8H2,(H,14,15)(H,16,17). The second-order valence-electron chi connectivity index (χ2n) is 3.85. The van der Waals surface area contributed by atoms with Crippen LogP contribution in [-0.4, -0.2) is 22.6 Å². The van der Waals surface area contributed by atoms with Crippen molar-refractivity contribution in [1.29, 1.82) is 0 Å². The summed E-state index contributed by atoms with van der Waals surface area (Å²) in [7, 11) is 0. The average molecular weight is 257 g/mol. The Bertz CT molecular complexity index is 341. The molecule has 0 bridgehead atoms. The number of halogens is 1. The number of carboxylic acid groups (broad SMARTS) is 1. The van der Waals surface area contributed by atoms with E-state index in [1.807, 2.05) is 6.07 Å². The summed E-state index contributed by atoms with van der Waals surface area (Å²) in [5.74, 6) is 0.105. The number of aromatic nitrogens is 1. The highest BCUT2D eigenvalue weighted by atomic mass is 35.5. The summed E-state index contributed by atoms with van der Waals surface area (Å²) in [6.45, 7) is 0.849. The molecule has 1 aromatic heterocycles. The molecular weight excluding hydrogens is 240 g/mol. The van der Waals surface area contributed by atoms with Crippen molar-refractivity contribution >= 4 is 23.4 Å². The molecule has 1 aromatic rings. The number of carbonyl (C=O) groups is 1. The first kappa shape index (κ1) is 13.8. The van der Waals surface area contributed by atoms with Crippen molar-refractivity contribution in [1.82, 2.24) is 4.98 Å².